The van der Waals surface area contributed by atoms with Gasteiger partial charge in [0.15, 0.2) is 6.19 Å². The molecule has 1 aliphatic heterocycles. The zero-order chi connectivity index (χ0) is 13.5. The molecule has 0 spiro atoms. The first kappa shape index (κ1) is 13.2. The van der Waals surface area contributed by atoms with E-state index in [-0.39, 0.29) is 6.01 Å². The second kappa shape index (κ2) is 6.65. The van der Waals surface area contributed by atoms with E-state index in [2.05, 4.69) is 20.4 Å². The molecule has 9 nitrogen and oxygen atoms in total. The number of rotatable bonds is 5. The number of hydrogen-bond donors (Lipinski definition) is 0. The van der Waals surface area contributed by atoms with Gasteiger partial charge in [0.25, 0.3) is 5.95 Å². The largest absolute Gasteiger partial charge is 0.459 e. The van der Waals surface area contributed by atoms with Crippen molar-refractivity contribution in [2.75, 3.05) is 51.4 Å². The summed E-state index contributed by atoms with van der Waals surface area (Å²) in [6.07, 6.45) is 1.97. The minimum absolute atomic E-state index is 0.114. The highest BCUT2D eigenvalue weighted by Gasteiger charge is 2.15. The summed E-state index contributed by atoms with van der Waals surface area (Å²) in [4.78, 5) is 3.40. The number of aromatic nitrogens is 4. The Morgan fingerprint density at radius 3 is 2.63 bits per heavy atom. The van der Waals surface area contributed by atoms with Crippen LogP contribution in [0.5, 0.6) is 6.01 Å². The zero-order valence-electron chi connectivity index (χ0n) is 10.7. The molecular weight excluding hydrogens is 250 g/mol. The van der Waals surface area contributed by atoms with Gasteiger partial charge in [-0.2, -0.15) is 5.26 Å². The van der Waals surface area contributed by atoms with E-state index in [1.54, 1.807) is 7.05 Å². The van der Waals surface area contributed by atoms with Crippen molar-refractivity contribution in [3.8, 4) is 12.2 Å². The van der Waals surface area contributed by atoms with Gasteiger partial charge in [0.05, 0.1) is 19.8 Å². The third-order valence-corrected chi connectivity index (χ3v) is 2.57. The Morgan fingerprint density at radius 1 is 1.32 bits per heavy atom. The SMILES string of the molecule is CN(C#N)CCOc1nnc(N2CCOCC2)nn1. The van der Waals surface area contributed by atoms with E-state index in [1.165, 1.54) is 4.90 Å². The van der Waals surface area contributed by atoms with Crippen molar-refractivity contribution < 1.29 is 9.47 Å². The third kappa shape index (κ3) is 3.89. The van der Waals surface area contributed by atoms with Gasteiger partial charge in [-0.15, -0.1) is 10.2 Å². The van der Waals surface area contributed by atoms with Gasteiger partial charge in [-0.25, -0.2) is 0 Å². The molecular formula is C10H15N7O2. The van der Waals surface area contributed by atoms with Crippen molar-refractivity contribution in [3.05, 3.63) is 0 Å². The minimum Gasteiger partial charge on any atom is -0.459 e. The minimum atomic E-state index is 0.114. The molecule has 1 aromatic heterocycles. The first-order valence-corrected chi connectivity index (χ1v) is 5.93. The van der Waals surface area contributed by atoms with Crippen molar-refractivity contribution in [1.29, 1.82) is 5.26 Å². The molecule has 19 heavy (non-hydrogen) atoms. The number of nitriles is 1. The molecule has 0 saturated carbocycles. The van der Waals surface area contributed by atoms with Gasteiger partial charge in [-0.1, -0.05) is 10.2 Å². The summed E-state index contributed by atoms with van der Waals surface area (Å²) in [5.41, 5.74) is 0. The Balaban J connectivity index is 1.82. The van der Waals surface area contributed by atoms with E-state index >= 15 is 0 Å². The number of anilines is 1. The van der Waals surface area contributed by atoms with Gasteiger partial charge < -0.3 is 19.3 Å². The lowest BCUT2D eigenvalue weighted by Gasteiger charge is -2.25. The highest BCUT2D eigenvalue weighted by Crippen LogP contribution is 2.07. The van der Waals surface area contributed by atoms with Crippen LogP contribution in [-0.2, 0) is 4.74 Å². The van der Waals surface area contributed by atoms with Crippen LogP contribution in [0.4, 0.5) is 5.95 Å². The summed E-state index contributed by atoms with van der Waals surface area (Å²) in [6, 6.07) is 0.114. The summed E-state index contributed by atoms with van der Waals surface area (Å²) >= 11 is 0. The normalized spacial score (nSPS) is 14.8. The van der Waals surface area contributed by atoms with E-state index < -0.39 is 0 Å². The summed E-state index contributed by atoms with van der Waals surface area (Å²) < 4.78 is 10.5. The summed E-state index contributed by atoms with van der Waals surface area (Å²) in [5.74, 6) is 0.477. The first-order chi connectivity index (χ1) is 9.29. The molecule has 1 aromatic rings. The summed E-state index contributed by atoms with van der Waals surface area (Å²) in [6.45, 7) is 3.55. The molecule has 0 unspecified atom stereocenters. The molecule has 2 heterocycles. The van der Waals surface area contributed by atoms with Gasteiger partial charge in [0.1, 0.15) is 6.61 Å². The molecule has 0 aromatic carbocycles. The zero-order valence-corrected chi connectivity index (χ0v) is 10.7. The van der Waals surface area contributed by atoms with Crippen LogP contribution in [0.15, 0.2) is 0 Å². The van der Waals surface area contributed by atoms with Crippen molar-refractivity contribution in [3.63, 3.8) is 0 Å². The molecule has 0 radical (unpaired) electrons. The Bertz CT molecular complexity index is 426. The molecule has 0 aliphatic carbocycles. The smallest absolute Gasteiger partial charge is 0.355 e. The maximum absolute atomic E-state index is 8.56. The molecule has 0 atom stereocenters. The number of hydrogen-bond acceptors (Lipinski definition) is 9. The molecule has 1 fully saturated rings. The monoisotopic (exact) mass is 265 g/mol. The van der Waals surface area contributed by atoms with Crippen LogP contribution in [0.2, 0.25) is 0 Å². The second-order valence-electron chi connectivity index (χ2n) is 3.95. The standard InChI is InChI=1S/C10H15N7O2/c1-16(8-11)2-7-19-10-14-12-9(13-15-10)17-3-5-18-6-4-17/h2-7H2,1H3. The fourth-order valence-corrected chi connectivity index (χ4v) is 1.49. The molecule has 1 aliphatic rings. The van der Waals surface area contributed by atoms with Crippen molar-refractivity contribution in [1.82, 2.24) is 25.3 Å². The van der Waals surface area contributed by atoms with E-state index in [1.807, 2.05) is 11.1 Å². The van der Waals surface area contributed by atoms with Crippen molar-refractivity contribution >= 4 is 5.95 Å². The topological polar surface area (TPSA) is 100 Å². The van der Waals surface area contributed by atoms with Crippen LogP contribution in [0.25, 0.3) is 0 Å². The maximum Gasteiger partial charge on any atom is 0.355 e. The van der Waals surface area contributed by atoms with E-state index in [4.69, 9.17) is 14.7 Å². The molecule has 1 saturated heterocycles. The second-order valence-corrected chi connectivity index (χ2v) is 3.95. The quantitative estimate of drug-likeness (QED) is 0.484. The van der Waals surface area contributed by atoms with Crippen molar-refractivity contribution in [2.45, 2.75) is 0 Å². The Morgan fingerprint density at radius 2 is 2.00 bits per heavy atom. The highest BCUT2D eigenvalue weighted by atomic mass is 16.5. The van der Waals surface area contributed by atoms with Crippen LogP contribution in [-0.4, -0.2) is 71.8 Å². The lowest BCUT2D eigenvalue weighted by Crippen LogP contribution is -2.37. The van der Waals surface area contributed by atoms with Gasteiger partial charge in [0, 0.05) is 20.1 Å². The van der Waals surface area contributed by atoms with Gasteiger partial charge in [0.2, 0.25) is 0 Å². The molecule has 102 valence electrons. The fraction of sp³-hybridized carbons (Fsp3) is 0.700. The van der Waals surface area contributed by atoms with Crippen molar-refractivity contribution in [2.24, 2.45) is 0 Å². The molecule has 0 bridgehead atoms. The fourth-order valence-electron chi connectivity index (χ4n) is 1.49. The Hall–Kier alpha value is -2.21. The lowest BCUT2D eigenvalue weighted by atomic mass is 10.4. The average molecular weight is 265 g/mol. The number of likely N-dealkylation sites (N-methyl/N-ethyl adjacent to an activating group) is 1. The van der Waals surface area contributed by atoms with Crippen LogP contribution in [0, 0.1) is 11.5 Å². The molecule has 9 heteroatoms. The number of nitrogens with zero attached hydrogens (tertiary/aromatic N) is 7. The molecule has 0 N–H and O–H groups in total. The summed E-state index contributed by atoms with van der Waals surface area (Å²) in [7, 11) is 1.67. The maximum atomic E-state index is 8.56. The Kier molecular flexibility index (Phi) is 4.63. The van der Waals surface area contributed by atoms with E-state index in [9.17, 15) is 0 Å². The van der Waals surface area contributed by atoms with Gasteiger partial charge in [-0.3, -0.25) is 0 Å². The third-order valence-electron chi connectivity index (χ3n) is 2.57. The first-order valence-electron chi connectivity index (χ1n) is 5.93. The van der Waals surface area contributed by atoms with Crippen LogP contribution in [0.1, 0.15) is 0 Å². The number of morpholine rings is 1. The van der Waals surface area contributed by atoms with E-state index in [0.717, 1.165) is 13.1 Å². The number of ether oxygens (including phenoxy) is 2. The van der Waals surface area contributed by atoms with Gasteiger partial charge in [-0.05, 0) is 0 Å². The predicted molar refractivity (Wildman–Crippen MR) is 64.4 cm³/mol. The van der Waals surface area contributed by atoms with Crippen LogP contribution < -0.4 is 9.64 Å². The van der Waals surface area contributed by atoms with Crippen LogP contribution in [0.3, 0.4) is 0 Å². The van der Waals surface area contributed by atoms with E-state index in [0.29, 0.717) is 32.3 Å². The molecule has 2 rings (SSSR count). The van der Waals surface area contributed by atoms with Crippen LogP contribution >= 0.6 is 0 Å². The predicted octanol–water partition coefficient (Wildman–Crippen LogP) is -1.11. The Labute approximate surface area is 110 Å². The highest BCUT2D eigenvalue weighted by molar-refractivity contribution is 5.26. The average Bonchev–Trinajstić information content (AvgIpc) is 2.48. The van der Waals surface area contributed by atoms with Gasteiger partial charge >= 0.3 is 6.01 Å². The molecule has 0 amide bonds. The summed E-state index contributed by atoms with van der Waals surface area (Å²) in [5, 5.41) is 24.2. The lowest BCUT2D eigenvalue weighted by molar-refractivity contribution is 0.121.